The standard InChI is InChI=1S/C14H16INO/c15-13-7-3-2-6-12(13)8-9-14(17)16-10-4-1-5-11-16/h2-3,6-9H,1,4-5,10-11H2/b9-8+. The van der Waals surface area contributed by atoms with Crippen LogP contribution >= 0.6 is 22.6 Å². The van der Waals surface area contributed by atoms with Crippen LogP contribution in [-0.4, -0.2) is 23.9 Å². The first-order chi connectivity index (χ1) is 8.27. The minimum Gasteiger partial charge on any atom is -0.339 e. The van der Waals surface area contributed by atoms with E-state index >= 15 is 0 Å². The molecule has 1 aliphatic rings. The second kappa shape index (κ2) is 6.19. The first-order valence-corrected chi connectivity index (χ1v) is 7.07. The second-order valence-corrected chi connectivity index (χ2v) is 5.40. The Bertz CT molecular complexity index is 422. The maximum Gasteiger partial charge on any atom is 0.246 e. The summed E-state index contributed by atoms with van der Waals surface area (Å²) in [5.41, 5.74) is 1.11. The summed E-state index contributed by atoms with van der Waals surface area (Å²) in [5, 5.41) is 0. The Hall–Kier alpha value is -0.840. The van der Waals surface area contributed by atoms with Gasteiger partial charge in [0.15, 0.2) is 0 Å². The fourth-order valence-corrected chi connectivity index (χ4v) is 2.56. The maximum absolute atomic E-state index is 11.9. The number of likely N-dealkylation sites (tertiary alicyclic amines) is 1. The van der Waals surface area contributed by atoms with Crippen LogP contribution in [0.3, 0.4) is 0 Å². The van der Waals surface area contributed by atoms with Gasteiger partial charge in [-0.05, 0) is 59.6 Å². The molecule has 1 fully saturated rings. The van der Waals surface area contributed by atoms with Gasteiger partial charge in [-0.3, -0.25) is 4.79 Å². The zero-order valence-electron chi connectivity index (χ0n) is 9.73. The van der Waals surface area contributed by atoms with Gasteiger partial charge in [-0.15, -0.1) is 0 Å². The number of benzene rings is 1. The summed E-state index contributed by atoms with van der Waals surface area (Å²) < 4.78 is 1.17. The van der Waals surface area contributed by atoms with E-state index in [0.29, 0.717) is 0 Å². The van der Waals surface area contributed by atoms with Crippen LogP contribution in [0.2, 0.25) is 0 Å². The molecule has 90 valence electrons. The van der Waals surface area contributed by atoms with Crippen molar-refractivity contribution in [1.29, 1.82) is 0 Å². The predicted octanol–water partition coefficient (Wildman–Crippen LogP) is 3.32. The number of carbonyl (C=O) groups is 1. The molecule has 0 spiro atoms. The van der Waals surface area contributed by atoms with Crippen molar-refractivity contribution in [3.05, 3.63) is 39.5 Å². The summed E-state index contributed by atoms with van der Waals surface area (Å²) in [6.07, 6.45) is 7.15. The van der Waals surface area contributed by atoms with Crippen molar-refractivity contribution in [2.24, 2.45) is 0 Å². The van der Waals surface area contributed by atoms with Crippen molar-refractivity contribution < 1.29 is 4.79 Å². The van der Waals surface area contributed by atoms with Gasteiger partial charge < -0.3 is 4.90 Å². The molecular formula is C14H16INO. The molecule has 0 radical (unpaired) electrons. The normalized spacial score (nSPS) is 16.4. The smallest absolute Gasteiger partial charge is 0.246 e. The van der Waals surface area contributed by atoms with E-state index in [1.54, 1.807) is 6.08 Å². The van der Waals surface area contributed by atoms with Gasteiger partial charge in [0.1, 0.15) is 0 Å². The molecular weight excluding hydrogens is 325 g/mol. The van der Waals surface area contributed by atoms with Crippen LogP contribution < -0.4 is 0 Å². The summed E-state index contributed by atoms with van der Waals surface area (Å²) in [4.78, 5) is 13.9. The molecule has 1 aliphatic heterocycles. The SMILES string of the molecule is O=C(/C=C/c1ccccc1I)N1CCCCC1. The van der Waals surface area contributed by atoms with Crippen LogP contribution in [0.1, 0.15) is 24.8 Å². The molecule has 1 saturated heterocycles. The summed E-state index contributed by atoms with van der Waals surface area (Å²) in [6, 6.07) is 8.08. The highest BCUT2D eigenvalue weighted by molar-refractivity contribution is 14.1. The number of piperidine rings is 1. The predicted molar refractivity (Wildman–Crippen MR) is 78.6 cm³/mol. The summed E-state index contributed by atoms with van der Waals surface area (Å²) in [6.45, 7) is 1.82. The van der Waals surface area contributed by atoms with E-state index in [1.165, 1.54) is 9.99 Å². The summed E-state index contributed by atoms with van der Waals surface area (Å²) in [7, 11) is 0. The van der Waals surface area contributed by atoms with E-state index in [4.69, 9.17) is 0 Å². The van der Waals surface area contributed by atoms with Crippen LogP contribution in [0, 0.1) is 3.57 Å². The Morgan fingerprint density at radius 3 is 2.59 bits per heavy atom. The molecule has 2 nitrogen and oxygen atoms in total. The molecule has 1 aromatic rings. The lowest BCUT2D eigenvalue weighted by Gasteiger charge is -2.25. The molecule has 0 atom stereocenters. The fraction of sp³-hybridized carbons (Fsp3) is 0.357. The number of amides is 1. The van der Waals surface area contributed by atoms with Crippen molar-refractivity contribution in [3.63, 3.8) is 0 Å². The Kier molecular flexibility index (Phi) is 4.59. The highest BCUT2D eigenvalue weighted by Crippen LogP contribution is 2.14. The van der Waals surface area contributed by atoms with Crippen molar-refractivity contribution in [2.75, 3.05) is 13.1 Å². The van der Waals surface area contributed by atoms with Crippen LogP contribution in [0.15, 0.2) is 30.3 Å². The maximum atomic E-state index is 11.9. The topological polar surface area (TPSA) is 20.3 Å². The van der Waals surface area contributed by atoms with Crippen molar-refractivity contribution in [1.82, 2.24) is 4.90 Å². The summed E-state index contributed by atoms with van der Waals surface area (Å²) in [5.74, 6) is 0.143. The molecule has 17 heavy (non-hydrogen) atoms. The van der Waals surface area contributed by atoms with Gasteiger partial charge >= 0.3 is 0 Å². The lowest BCUT2D eigenvalue weighted by Crippen LogP contribution is -2.34. The quantitative estimate of drug-likeness (QED) is 0.597. The van der Waals surface area contributed by atoms with Gasteiger partial charge in [0.25, 0.3) is 0 Å². The molecule has 2 rings (SSSR count). The summed E-state index contributed by atoms with van der Waals surface area (Å²) >= 11 is 2.29. The van der Waals surface area contributed by atoms with E-state index < -0.39 is 0 Å². The third-order valence-corrected chi connectivity index (χ3v) is 3.96. The number of hydrogen-bond acceptors (Lipinski definition) is 1. The first kappa shape index (κ1) is 12.6. The van der Waals surface area contributed by atoms with Gasteiger partial charge in [0.2, 0.25) is 5.91 Å². The van der Waals surface area contributed by atoms with Gasteiger partial charge in [-0.1, -0.05) is 18.2 Å². The van der Waals surface area contributed by atoms with Crippen molar-refractivity contribution in [2.45, 2.75) is 19.3 Å². The number of carbonyl (C=O) groups excluding carboxylic acids is 1. The molecule has 0 N–H and O–H groups in total. The average molecular weight is 341 g/mol. The molecule has 0 bridgehead atoms. The molecule has 0 unspecified atom stereocenters. The molecule has 0 saturated carbocycles. The zero-order chi connectivity index (χ0) is 12.1. The van der Waals surface area contributed by atoms with Crippen molar-refractivity contribution >= 4 is 34.6 Å². The molecule has 3 heteroatoms. The molecule has 1 amide bonds. The van der Waals surface area contributed by atoms with Crippen LogP contribution in [0.5, 0.6) is 0 Å². The average Bonchev–Trinajstić information content (AvgIpc) is 2.38. The van der Waals surface area contributed by atoms with E-state index in [-0.39, 0.29) is 5.91 Å². The highest BCUT2D eigenvalue weighted by atomic mass is 127. The van der Waals surface area contributed by atoms with Crippen LogP contribution in [0.4, 0.5) is 0 Å². The van der Waals surface area contributed by atoms with Gasteiger partial charge in [0.05, 0.1) is 0 Å². The number of hydrogen-bond donors (Lipinski definition) is 0. The Morgan fingerprint density at radius 2 is 1.88 bits per heavy atom. The molecule has 0 aliphatic carbocycles. The number of rotatable bonds is 2. The van der Waals surface area contributed by atoms with Gasteiger partial charge in [0, 0.05) is 22.7 Å². The zero-order valence-corrected chi connectivity index (χ0v) is 11.9. The minimum absolute atomic E-state index is 0.143. The fourth-order valence-electron chi connectivity index (χ4n) is 1.99. The Labute approximate surface area is 116 Å². The monoisotopic (exact) mass is 341 g/mol. The van der Waals surface area contributed by atoms with Crippen LogP contribution in [-0.2, 0) is 4.79 Å². The van der Waals surface area contributed by atoms with E-state index in [0.717, 1.165) is 31.5 Å². The van der Waals surface area contributed by atoms with E-state index in [9.17, 15) is 4.79 Å². The van der Waals surface area contributed by atoms with Gasteiger partial charge in [-0.25, -0.2) is 0 Å². The third kappa shape index (κ3) is 3.56. The first-order valence-electron chi connectivity index (χ1n) is 5.99. The van der Waals surface area contributed by atoms with E-state index in [2.05, 4.69) is 22.6 Å². The lowest BCUT2D eigenvalue weighted by atomic mass is 10.1. The van der Waals surface area contributed by atoms with E-state index in [1.807, 2.05) is 35.2 Å². The second-order valence-electron chi connectivity index (χ2n) is 4.24. The highest BCUT2D eigenvalue weighted by Gasteiger charge is 2.13. The third-order valence-electron chi connectivity index (χ3n) is 2.98. The molecule has 1 heterocycles. The minimum atomic E-state index is 0.143. The van der Waals surface area contributed by atoms with Gasteiger partial charge in [-0.2, -0.15) is 0 Å². The number of halogens is 1. The molecule has 0 aromatic heterocycles. The Morgan fingerprint density at radius 1 is 1.18 bits per heavy atom. The molecule has 1 aromatic carbocycles. The Balaban J connectivity index is 2.00. The number of nitrogens with zero attached hydrogens (tertiary/aromatic N) is 1. The largest absolute Gasteiger partial charge is 0.339 e. The van der Waals surface area contributed by atoms with Crippen molar-refractivity contribution in [3.8, 4) is 0 Å². The van der Waals surface area contributed by atoms with Crippen LogP contribution in [0.25, 0.3) is 6.08 Å². The lowest BCUT2D eigenvalue weighted by molar-refractivity contribution is -0.126.